The standard InChI is InChI=1S/C10H17NO3/c12-10(9-6-3-7-13-9)11-14-8-4-1-2-5-8/h8-9H,1-7H2,(H,11,12). The molecule has 1 atom stereocenters. The largest absolute Gasteiger partial charge is 0.368 e. The third kappa shape index (κ3) is 2.45. The summed E-state index contributed by atoms with van der Waals surface area (Å²) in [5, 5.41) is 0. The fourth-order valence-corrected chi connectivity index (χ4v) is 2.00. The van der Waals surface area contributed by atoms with Gasteiger partial charge in [-0.3, -0.25) is 9.63 Å². The molecule has 2 rings (SSSR count). The minimum Gasteiger partial charge on any atom is -0.368 e. The number of hydroxylamine groups is 1. The average Bonchev–Trinajstić information content (AvgIpc) is 2.87. The normalized spacial score (nSPS) is 28.1. The second-order valence-corrected chi connectivity index (χ2v) is 3.99. The Morgan fingerprint density at radius 1 is 1.21 bits per heavy atom. The van der Waals surface area contributed by atoms with Gasteiger partial charge >= 0.3 is 0 Å². The van der Waals surface area contributed by atoms with Crippen molar-refractivity contribution in [3.63, 3.8) is 0 Å². The van der Waals surface area contributed by atoms with E-state index in [2.05, 4.69) is 5.48 Å². The molecule has 1 saturated heterocycles. The number of hydrogen-bond donors (Lipinski definition) is 1. The molecule has 1 aliphatic carbocycles. The van der Waals surface area contributed by atoms with Gasteiger partial charge in [0, 0.05) is 6.61 Å². The van der Waals surface area contributed by atoms with Crippen molar-refractivity contribution in [2.24, 2.45) is 0 Å². The number of hydrogen-bond acceptors (Lipinski definition) is 3. The maximum atomic E-state index is 11.4. The topological polar surface area (TPSA) is 47.6 Å². The van der Waals surface area contributed by atoms with E-state index in [0.29, 0.717) is 6.61 Å². The monoisotopic (exact) mass is 199 g/mol. The highest BCUT2D eigenvalue weighted by Crippen LogP contribution is 2.20. The molecule has 4 nitrogen and oxygen atoms in total. The summed E-state index contributed by atoms with van der Waals surface area (Å²) in [5.74, 6) is -0.116. The van der Waals surface area contributed by atoms with Crippen molar-refractivity contribution in [2.45, 2.75) is 50.7 Å². The fourth-order valence-electron chi connectivity index (χ4n) is 2.00. The van der Waals surface area contributed by atoms with E-state index < -0.39 is 0 Å². The number of nitrogens with one attached hydrogen (secondary N) is 1. The van der Waals surface area contributed by atoms with Gasteiger partial charge in [-0.05, 0) is 25.7 Å². The molecule has 14 heavy (non-hydrogen) atoms. The predicted octanol–water partition coefficient (Wildman–Crippen LogP) is 1.16. The molecule has 1 N–H and O–H groups in total. The molecular weight excluding hydrogens is 182 g/mol. The maximum absolute atomic E-state index is 11.4. The highest BCUT2D eigenvalue weighted by Gasteiger charge is 2.25. The van der Waals surface area contributed by atoms with Crippen molar-refractivity contribution in [2.75, 3.05) is 6.61 Å². The van der Waals surface area contributed by atoms with Gasteiger partial charge < -0.3 is 4.74 Å². The Bertz CT molecular complexity index is 196. The summed E-state index contributed by atoms with van der Waals surface area (Å²) in [4.78, 5) is 16.7. The van der Waals surface area contributed by atoms with Gasteiger partial charge in [0.2, 0.25) is 0 Å². The molecule has 2 fully saturated rings. The van der Waals surface area contributed by atoms with Gasteiger partial charge in [0.15, 0.2) is 0 Å². The van der Waals surface area contributed by atoms with Crippen LogP contribution in [0.3, 0.4) is 0 Å². The lowest BCUT2D eigenvalue weighted by Crippen LogP contribution is -2.36. The lowest BCUT2D eigenvalue weighted by Gasteiger charge is -2.13. The molecule has 1 aliphatic heterocycles. The zero-order valence-corrected chi connectivity index (χ0v) is 8.33. The second-order valence-electron chi connectivity index (χ2n) is 3.99. The van der Waals surface area contributed by atoms with Gasteiger partial charge in [-0.25, -0.2) is 5.48 Å². The van der Waals surface area contributed by atoms with Gasteiger partial charge in [-0.1, -0.05) is 12.8 Å². The fraction of sp³-hybridized carbons (Fsp3) is 0.900. The summed E-state index contributed by atoms with van der Waals surface area (Å²) < 4.78 is 5.24. The molecule has 0 spiro atoms. The third-order valence-corrected chi connectivity index (χ3v) is 2.85. The van der Waals surface area contributed by atoms with Crippen molar-refractivity contribution >= 4 is 5.91 Å². The molecule has 0 aromatic rings. The minimum absolute atomic E-state index is 0.116. The van der Waals surface area contributed by atoms with Crippen molar-refractivity contribution < 1.29 is 14.4 Å². The van der Waals surface area contributed by atoms with Crippen LogP contribution in [0.25, 0.3) is 0 Å². The Kier molecular flexibility index (Phi) is 3.37. The van der Waals surface area contributed by atoms with Crippen LogP contribution in [0, 0.1) is 0 Å². The first-order valence-electron chi connectivity index (χ1n) is 5.43. The average molecular weight is 199 g/mol. The SMILES string of the molecule is O=C(NOC1CCCC1)C1CCCO1. The van der Waals surface area contributed by atoms with E-state index in [0.717, 1.165) is 25.7 Å². The Hall–Kier alpha value is -0.610. The summed E-state index contributed by atoms with van der Waals surface area (Å²) in [5.41, 5.74) is 2.50. The summed E-state index contributed by atoms with van der Waals surface area (Å²) >= 11 is 0. The molecule has 2 aliphatic rings. The van der Waals surface area contributed by atoms with Crippen LogP contribution in [0.2, 0.25) is 0 Å². The van der Waals surface area contributed by atoms with Crippen molar-refractivity contribution in [3.05, 3.63) is 0 Å². The van der Waals surface area contributed by atoms with Crippen LogP contribution in [-0.2, 0) is 14.4 Å². The van der Waals surface area contributed by atoms with Gasteiger partial charge in [-0.2, -0.15) is 0 Å². The van der Waals surface area contributed by atoms with Crippen LogP contribution in [0.4, 0.5) is 0 Å². The Labute approximate surface area is 83.9 Å². The minimum atomic E-state index is -0.281. The zero-order valence-electron chi connectivity index (χ0n) is 8.33. The van der Waals surface area contributed by atoms with Gasteiger partial charge in [0.25, 0.3) is 5.91 Å². The van der Waals surface area contributed by atoms with E-state index in [1.54, 1.807) is 0 Å². The summed E-state index contributed by atoms with van der Waals surface area (Å²) in [6.07, 6.45) is 6.27. The maximum Gasteiger partial charge on any atom is 0.272 e. The quantitative estimate of drug-likeness (QED) is 0.694. The molecule has 1 unspecified atom stereocenters. The Morgan fingerprint density at radius 3 is 2.64 bits per heavy atom. The lowest BCUT2D eigenvalue weighted by atomic mass is 10.2. The van der Waals surface area contributed by atoms with Gasteiger partial charge in [0.05, 0.1) is 6.10 Å². The molecule has 4 heteroatoms. The summed E-state index contributed by atoms with van der Waals surface area (Å²) in [6, 6.07) is 0. The number of carbonyl (C=O) groups excluding carboxylic acids is 1. The van der Waals surface area contributed by atoms with Crippen molar-refractivity contribution in [3.8, 4) is 0 Å². The molecular formula is C10H17NO3. The molecule has 80 valence electrons. The number of ether oxygens (including phenoxy) is 1. The molecule has 0 aromatic heterocycles. The lowest BCUT2D eigenvalue weighted by molar-refractivity contribution is -0.147. The van der Waals surface area contributed by atoms with Crippen LogP contribution in [0.15, 0.2) is 0 Å². The molecule has 1 heterocycles. The van der Waals surface area contributed by atoms with E-state index >= 15 is 0 Å². The van der Waals surface area contributed by atoms with E-state index in [1.165, 1.54) is 12.8 Å². The Morgan fingerprint density at radius 2 is 2.00 bits per heavy atom. The molecule has 0 radical (unpaired) electrons. The zero-order chi connectivity index (χ0) is 9.80. The molecule has 0 aromatic carbocycles. The summed E-state index contributed by atoms with van der Waals surface area (Å²) in [6.45, 7) is 0.696. The van der Waals surface area contributed by atoms with E-state index in [9.17, 15) is 4.79 Å². The number of carbonyl (C=O) groups is 1. The molecule has 1 amide bonds. The Balaban J connectivity index is 1.66. The molecule has 1 saturated carbocycles. The molecule has 0 bridgehead atoms. The summed E-state index contributed by atoms with van der Waals surface area (Å²) in [7, 11) is 0. The van der Waals surface area contributed by atoms with Crippen molar-refractivity contribution in [1.29, 1.82) is 0 Å². The van der Waals surface area contributed by atoms with Crippen LogP contribution in [0.5, 0.6) is 0 Å². The van der Waals surface area contributed by atoms with Crippen LogP contribution < -0.4 is 5.48 Å². The highest BCUT2D eigenvalue weighted by atomic mass is 16.7. The highest BCUT2D eigenvalue weighted by molar-refractivity contribution is 5.79. The van der Waals surface area contributed by atoms with Crippen LogP contribution in [0.1, 0.15) is 38.5 Å². The van der Waals surface area contributed by atoms with E-state index in [-0.39, 0.29) is 18.1 Å². The smallest absolute Gasteiger partial charge is 0.272 e. The van der Waals surface area contributed by atoms with Crippen LogP contribution >= 0.6 is 0 Å². The first-order chi connectivity index (χ1) is 6.86. The van der Waals surface area contributed by atoms with E-state index in [1.807, 2.05) is 0 Å². The third-order valence-electron chi connectivity index (χ3n) is 2.85. The number of rotatable bonds is 3. The van der Waals surface area contributed by atoms with Gasteiger partial charge in [-0.15, -0.1) is 0 Å². The van der Waals surface area contributed by atoms with E-state index in [4.69, 9.17) is 9.57 Å². The predicted molar refractivity (Wildman–Crippen MR) is 50.5 cm³/mol. The van der Waals surface area contributed by atoms with Gasteiger partial charge in [0.1, 0.15) is 6.10 Å². The van der Waals surface area contributed by atoms with Crippen molar-refractivity contribution in [1.82, 2.24) is 5.48 Å². The van der Waals surface area contributed by atoms with Crippen LogP contribution in [-0.4, -0.2) is 24.7 Å². The second kappa shape index (κ2) is 4.75. The first kappa shape index (κ1) is 9.93. The first-order valence-corrected chi connectivity index (χ1v) is 5.43. The number of amides is 1.